The molecule has 0 fully saturated rings. The van der Waals surface area contributed by atoms with Gasteiger partial charge in [0.05, 0.1) is 0 Å². The van der Waals surface area contributed by atoms with Crippen LogP contribution in [0.2, 0.25) is 0 Å². The van der Waals surface area contributed by atoms with E-state index in [4.69, 9.17) is 0 Å². The quantitative estimate of drug-likeness (QED) is 0.656. The Bertz CT molecular complexity index is 819. The summed E-state index contributed by atoms with van der Waals surface area (Å²) in [7, 11) is 0. The van der Waals surface area contributed by atoms with Gasteiger partial charge in [-0.1, -0.05) is 45.0 Å². The van der Waals surface area contributed by atoms with Crippen LogP contribution in [0.25, 0.3) is 0 Å². The highest BCUT2D eigenvalue weighted by Crippen LogP contribution is 2.13. The Balaban J connectivity index is 2.08. The highest BCUT2D eigenvalue weighted by Gasteiger charge is 2.25. The Hall–Kier alpha value is -3.15. The van der Waals surface area contributed by atoms with Gasteiger partial charge in [-0.05, 0) is 42.7 Å². The minimum absolute atomic E-state index is 0.108. The van der Waals surface area contributed by atoms with Crippen molar-refractivity contribution in [1.29, 1.82) is 0 Å². The zero-order valence-corrected chi connectivity index (χ0v) is 16.5. The molecule has 0 spiro atoms. The molecule has 0 aromatic heterocycles. The van der Waals surface area contributed by atoms with Crippen molar-refractivity contribution in [3.63, 3.8) is 0 Å². The van der Waals surface area contributed by atoms with Crippen LogP contribution in [0.3, 0.4) is 0 Å². The molecule has 0 radical (unpaired) electrons. The van der Waals surface area contributed by atoms with Gasteiger partial charge in [0.25, 0.3) is 11.8 Å². The highest BCUT2D eigenvalue weighted by atomic mass is 16.2. The molecule has 3 amide bonds. The highest BCUT2D eigenvalue weighted by molar-refractivity contribution is 6.02. The molecule has 28 heavy (non-hydrogen) atoms. The first kappa shape index (κ1) is 21.2. The van der Waals surface area contributed by atoms with Crippen LogP contribution < -0.4 is 16.0 Å². The van der Waals surface area contributed by atoms with Crippen LogP contribution >= 0.6 is 0 Å². The van der Waals surface area contributed by atoms with Crippen LogP contribution in [0.1, 0.15) is 47.9 Å². The maximum absolute atomic E-state index is 12.7. The van der Waals surface area contributed by atoms with E-state index in [9.17, 15) is 14.4 Å². The molecule has 6 nitrogen and oxygen atoms in total. The third kappa shape index (κ3) is 5.94. The second kappa shape index (κ2) is 10.3. The third-order valence-corrected chi connectivity index (χ3v) is 4.20. The first-order chi connectivity index (χ1) is 13.4. The van der Waals surface area contributed by atoms with E-state index in [1.165, 1.54) is 0 Å². The summed E-state index contributed by atoms with van der Waals surface area (Å²) >= 11 is 0. The monoisotopic (exact) mass is 381 g/mol. The molecular formula is C22H27N3O3. The van der Waals surface area contributed by atoms with E-state index in [1.54, 1.807) is 48.5 Å². The van der Waals surface area contributed by atoms with Crippen molar-refractivity contribution in [3.8, 4) is 0 Å². The molecule has 3 N–H and O–H groups in total. The van der Waals surface area contributed by atoms with Gasteiger partial charge in [-0.3, -0.25) is 14.4 Å². The predicted molar refractivity (Wildman–Crippen MR) is 110 cm³/mol. The summed E-state index contributed by atoms with van der Waals surface area (Å²) in [5, 5.41) is 8.39. The molecule has 0 aliphatic carbocycles. The summed E-state index contributed by atoms with van der Waals surface area (Å²) in [6, 6.07) is 14.8. The van der Waals surface area contributed by atoms with E-state index >= 15 is 0 Å². The molecule has 0 heterocycles. The second-order valence-corrected chi connectivity index (χ2v) is 6.89. The van der Waals surface area contributed by atoms with Gasteiger partial charge in [-0.15, -0.1) is 0 Å². The van der Waals surface area contributed by atoms with Crippen LogP contribution in [-0.4, -0.2) is 30.3 Å². The molecule has 2 aromatic carbocycles. The van der Waals surface area contributed by atoms with E-state index < -0.39 is 6.04 Å². The topological polar surface area (TPSA) is 87.3 Å². The SMILES string of the molecule is CCCNC(=O)c1cccc(NC(=O)C(NC(=O)c2ccccc2)C(C)C)c1. The summed E-state index contributed by atoms with van der Waals surface area (Å²) in [6.45, 7) is 6.30. The molecule has 2 aromatic rings. The van der Waals surface area contributed by atoms with Crippen molar-refractivity contribution >= 4 is 23.4 Å². The number of hydrogen-bond donors (Lipinski definition) is 3. The van der Waals surface area contributed by atoms with Gasteiger partial charge in [0.2, 0.25) is 5.91 Å². The maximum Gasteiger partial charge on any atom is 0.251 e. The molecule has 0 saturated heterocycles. The van der Waals surface area contributed by atoms with E-state index in [-0.39, 0.29) is 23.6 Å². The van der Waals surface area contributed by atoms with Gasteiger partial charge >= 0.3 is 0 Å². The second-order valence-electron chi connectivity index (χ2n) is 6.89. The number of benzene rings is 2. The van der Waals surface area contributed by atoms with Crippen molar-refractivity contribution in [2.75, 3.05) is 11.9 Å². The van der Waals surface area contributed by atoms with Crippen LogP contribution in [0.5, 0.6) is 0 Å². The van der Waals surface area contributed by atoms with Crippen molar-refractivity contribution < 1.29 is 14.4 Å². The van der Waals surface area contributed by atoms with E-state index in [0.717, 1.165) is 6.42 Å². The number of hydrogen-bond acceptors (Lipinski definition) is 3. The first-order valence-corrected chi connectivity index (χ1v) is 9.47. The number of carbonyl (C=O) groups excluding carboxylic acids is 3. The van der Waals surface area contributed by atoms with Crippen LogP contribution in [0.15, 0.2) is 54.6 Å². The molecule has 0 saturated carbocycles. The molecule has 6 heteroatoms. The lowest BCUT2D eigenvalue weighted by Gasteiger charge is -2.22. The number of amides is 3. The smallest absolute Gasteiger partial charge is 0.251 e. The molecule has 0 aliphatic heterocycles. The van der Waals surface area contributed by atoms with Gasteiger partial charge < -0.3 is 16.0 Å². The molecule has 0 bridgehead atoms. The summed E-state index contributed by atoms with van der Waals surface area (Å²) < 4.78 is 0. The summed E-state index contributed by atoms with van der Waals surface area (Å²) in [5.41, 5.74) is 1.48. The van der Waals surface area contributed by atoms with Crippen LogP contribution in [0, 0.1) is 5.92 Å². The largest absolute Gasteiger partial charge is 0.352 e. The lowest BCUT2D eigenvalue weighted by atomic mass is 10.0. The molecular weight excluding hydrogens is 354 g/mol. The molecule has 2 rings (SSSR count). The van der Waals surface area contributed by atoms with Crippen molar-refractivity contribution in [1.82, 2.24) is 10.6 Å². The minimum Gasteiger partial charge on any atom is -0.352 e. The normalized spacial score (nSPS) is 11.6. The average molecular weight is 381 g/mol. The van der Waals surface area contributed by atoms with Gasteiger partial charge in [0, 0.05) is 23.4 Å². The van der Waals surface area contributed by atoms with Gasteiger partial charge in [0.1, 0.15) is 6.04 Å². The Morgan fingerprint density at radius 1 is 0.893 bits per heavy atom. The maximum atomic E-state index is 12.7. The zero-order valence-electron chi connectivity index (χ0n) is 16.5. The van der Waals surface area contributed by atoms with E-state index in [0.29, 0.717) is 23.4 Å². The van der Waals surface area contributed by atoms with E-state index in [2.05, 4.69) is 16.0 Å². The fourth-order valence-corrected chi connectivity index (χ4v) is 2.65. The van der Waals surface area contributed by atoms with Gasteiger partial charge in [0.15, 0.2) is 0 Å². The average Bonchev–Trinajstić information content (AvgIpc) is 2.70. The van der Waals surface area contributed by atoms with Crippen LogP contribution in [0.4, 0.5) is 5.69 Å². The Kier molecular flexibility index (Phi) is 7.75. The number of nitrogens with one attached hydrogen (secondary N) is 3. The summed E-state index contributed by atoms with van der Waals surface area (Å²) in [5.74, 6) is -0.924. The molecule has 1 unspecified atom stereocenters. The van der Waals surface area contributed by atoms with Crippen molar-refractivity contribution in [3.05, 3.63) is 65.7 Å². The lowest BCUT2D eigenvalue weighted by molar-refractivity contribution is -0.118. The minimum atomic E-state index is -0.703. The van der Waals surface area contributed by atoms with Gasteiger partial charge in [-0.25, -0.2) is 0 Å². The Morgan fingerprint density at radius 3 is 2.21 bits per heavy atom. The predicted octanol–water partition coefficient (Wildman–Crippen LogP) is 3.22. The number of anilines is 1. The van der Waals surface area contributed by atoms with Crippen LogP contribution in [-0.2, 0) is 4.79 Å². The fourth-order valence-electron chi connectivity index (χ4n) is 2.65. The Morgan fingerprint density at radius 2 is 1.57 bits per heavy atom. The Labute approximate surface area is 165 Å². The fraction of sp³-hybridized carbons (Fsp3) is 0.318. The van der Waals surface area contributed by atoms with Gasteiger partial charge in [-0.2, -0.15) is 0 Å². The first-order valence-electron chi connectivity index (χ1n) is 9.47. The molecule has 1 atom stereocenters. The number of rotatable bonds is 8. The standard InChI is InChI=1S/C22H27N3O3/c1-4-13-23-20(26)17-11-8-12-18(14-17)24-22(28)19(15(2)3)25-21(27)16-9-6-5-7-10-16/h5-12,14-15,19H,4,13H2,1-3H3,(H,23,26)(H,24,28)(H,25,27). The van der Waals surface area contributed by atoms with Crippen molar-refractivity contribution in [2.24, 2.45) is 5.92 Å². The van der Waals surface area contributed by atoms with E-state index in [1.807, 2.05) is 26.8 Å². The van der Waals surface area contributed by atoms with Crippen molar-refractivity contribution in [2.45, 2.75) is 33.2 Å². The molecule has 0 aliphatic rings. The number of carbonyl (C=O) groups is 3. The summed E-state index contributed by atoms with van der Waals surface area (Å²) in [4.78, 5) is 37.3. The summed E-state index contributed by atoms with van der Waals surface area (Å²) in [6.07, 6.45) is 0.847. The third-order valence-electron chi connectivity index (χ3n) is 4.20. The lowest BCUT2D eigenvalue weighted by Crippen LogP contribution is -2.47. The molecule has 148 valence electrons. The zero-order chi connectivity index (χ0) is 20.5.